The van der Waals surface area contributed by atoms with Crippen LogP contribution in [0.4, 0.5) is 0 Å². The molecule has 6 heteroatoms. The molecular formula is C13H28N2O3S. The van der Waals surface area contributed by atoms with Gasteiger partial charge in [0.1, 0.15) is 9.84 Å². The van der Waals surface area contributed by atoms with Gasteiger partial charge in [-0.05, 0) is 25.7 Å². The highest BCUT2D eigenvalue weighted by atomic mass is 32.2. The number of nitrogens with one attached hydrogen (secondary N) is 1. The third-order valence-electron chi connectivity index (χ3n) is 4.33. The molecule has 0 aliphatic heterocycles. The van der Waals surface area contributed by atoms with E-state index in [2.05, 4.69) is 5.43 Å². The van der Waals surface area contributed by atoms with Gasteiger partial charge < -0.3 is 4.74 Å². The van der Waals surface area contributed by atoms with E-state index in [4.69, 9.17) is 10.6 Å². The summed E-state index contributed by atoms with van der Waals surface area (Å²) in [5.41, 5.74) is 2.63. The smallest absolute Gasteiger partial charge is 0.150 e. The summed E-state index contributed by atoms with van der Waals surface area (Å²) in [6, 6.07) is 0.0323. The Morgan fingerprint density at radius 3 is 2.42 bits per heavy atom. The Morgan fingerprint density at radius 1 is 1.32 bits per heavy atom. The zero-order valence-electron chi connectivity index (χ0n) is 12.2. The van der Waals surface area contributed by atoms with Crippen LogP contribution in [0.15, 0.2) is 0 Å². The normalized spacial score (nSPS) is 21.2. The van der Waals surface area contributed by atoms with Gasteiger partial charge in [0.15, 0.2) is 0 Å². The largest absolute Gasteiger partial charge is 0.377 e. The third kappa shape index (κ3) is 4.70. The van der Waals surface area contributed by atoms with Gasteiger partial charge >= 0.3 is 0 Å². The molecule has 1 saturated carbocycles. The Morgan fingerprint density at radius 2 is 1.95 bits per heavy atom. The van der Waals surface area contributed by atoms with Crippen LogP contribution in [0.2, 0.25) is 0 Å². The fourth-order valence-electron chi connectivity index (χ4n) is 3.00. The Balaban J connectivity index is 2.56. The monoisotopic (exact) mass is 292 g/mol. The van der Waals surface area contributed by atoms with E-state index in [9.17, 15) is 8.42 Å². The number of methoxy groups -OCH3 is 1. The predicted octanol–water partition coefficient (Wildman–Crippen LogP) is 1.38. The van der Waals surface area contributed by atoms with Gasteiger partial charge in [0.25, 0.3) is 0 Å². The maximum atomic E-state index is 11.5. The Bertz CT molecular complexity index is 351. The quantitative estimate of drug-likeness (QED) is 0.522. The van der Waals surface area contributed by atoms with Gasteiger partial charge in [-0.2, -0.15) is 0 Å². The van der Waals surface area contributed by atoms with Crippen LogP contribution in [0, 0.1) is 0 Å². The lowest BCUT2D eigenvalue weighted by molar-refractivity contribution is -0.0694. The molecule has 0 aromatic carbocycles. The molecule has 1 aliphatic rings. The summed E-state index contributed by atoms with van der Waals surface area (Å²) in [7, 11) is -1.16. The molecule has 1 rings (SSSR count). The Kier molecular flexibility index (Phi) is 6.73. The zero-order chi connectivity index (χ0) is 14.4. The molecule has 3 N–H and O–H groups in total. The minimum atomic E-state index is -2.89. The molecule has 0 bridgehead atoms. The highest BCUT2D eigenvalue weighted by Crippen LogP contribution is 2.35. The van der Waals surface area contributed by atoms with Crippen molar-refractivity contribution in [3.8, 4) is 0 Å². The van der Waals surface area contributed by atoms with E-state index < -0.39 is 9.84 Å². The summed E-state index contributed by atoms with van der Waals surface area (Å²) < 4.78 is 28.8. The summed E-state index contributed by atoms with van der Waals surface area (Å²) in [5, 5.41) is 0. The van der Waals surface area contributed by atoms with E-state index in [0.29, 0.717) is 6.42 Å². The number of nitrogens with two attached hydrogens (primary N) is 1. The molecule has 0 amide bonds. The van der Waals surface area contributed by atoms with Gasteiger partial charge in [-0.25, -0.2) is 8.42 Å². The minimum absolute atomic E-state index is 0.0323. The second kappa shape index (κ2) is 7.57. The molecule has 0 aromatic rings. The molecule has 0 aromatic heterocycles. The van der Waals surface area contributed by atoms with Gasteiger partial charge in [0, 0.05) is 12.9 Å². The van der Waals surface area contributed by atoms with Crippen molar-refractivity contribution in [2.45, 2.75) is 63.5 Å². The van der Waals surface area contributed by atoms with Crippen molar-refractivity contribution < 1.29 is 13.2 Å². The van der Waals surface area contributed by atoms with E-state index in [1.54, 1.807) is 14.0 Å². The molecule has 1 atom stereocenters. The van der Waals surface area contributed by atoms with Gasteiger partial charge in [-0.15, -0.1) is 0 Å². The summed E-state index contributed by atoms with van der Waals surface area (Å²) in [6.45, 7) is 1.69. The van der Waals surface area contributed by atoms with E-state index in [1.165, 1.54) is 6.42 Å². The Hall–Kier alpha value is -0.170. The van der Waals surface area contributed by atoms with Gasteiger partial charge in [-0.3, -0.25) is 11.3 Å². The molecule has 0 heterocycles. The predicted molar refractivity (Wildman–Crippen MR) is 77.5 cm³/mol. The highest BCUT2D eigenvalue weighted by Gasteiger charge is 2.39. The Labute approximate surface area is 117 Å². The van der Waals surface area contributed by atoms with E-state index in [1.807, 2.05) is 0 Å². The molecule has 1 aliphatic carbocycles. The number of hydrogen-bond acceptors (Lipinski definition) is 5. The number of sulfone groups is 1. The zero-order valence-corrected chi connectivity index (χ0v) is 13.0. The molecule has 5 nitrogen and oxygen atoms in total. The van der Waals surface area contributed by atoms with Gasteiger partial charge in [-0.1, -0.05) is 26.2 Å². The summed E-state index contributed by atoms with van der Waals surface area (Å²) >= 11 is 0. The number of hydrogen-bond donors (Lipinski definition) is 2. The topological polar surface area (TPSA) is 81.4 Å². The summed E-state index contributed by atoms with van der Waals surface area (Å²) in [5.74, 6) is 6.12. The molecule has 19 heavy (non-hydrogen) atoms. The van der Waals surface area contributed by atoms with Crippen molar-refractivity contribution in [3.63, 3.8) is 0 Å². The van der Waals surface area contributed by atoms with Crippen LogP contribution in [0.5, 0.6) is 0 Å². The fourth-order valence-corrected chi connectivity index (χ4v) is 3.89. The summed E-state index contributed by atoms with van der Waals surface area (Å²) in [4.78, 5) is 0. The average Bonchev–Trinajstić information content (AvgIpc) is 2.44. The van der Waals surface area contributed by atoms with Crippen LogP contribution in [-0.4, -0.2) is 38.7 Å². The first kappa shape index (κ1) is 16.9. The van der Waals surface area contributed by atoms with Crippen molar-refractivity contribution in [1.29, 1.82) is 0 Å². The maximum absolute atomic E-state index is 11.5. The van der Waals surface area contributed by atoms with Crippen LogP contribution < -0.4 is 11.3 Å². The van der Waals surface area contributed by atoms with Crippen LogP contribution in [-0.2, 0) is 14.6 Å². The molecule has 1 fully saturated rings. The lowest BCUT2D eigenvalue weighted by Gasteiger charge is -2.42. The van der Waals surface area contributed by atoms with E-state index >= 15 is 0 Å². The van der Waals surface area contributed by atoms with Crippen molar-refractivity contribution in [2.24, 2.45) is 5.84 Å². The van der Waals surface area contributed by atoms with Crippen molar-refractivity contribution in [1.82, 2.24) is 5.43 Å². The van der Waals surface area contributed by atoms with E-state index in [0.717, 1.165) is 32.1 Å². The van der Waals surface area contributed by atoms with E-state index in [-0.39, 0.29) is 23.1 Å². The second-order valence-corrected chi connectivity index (χ2v) is 7.90. The molecule has 0 radical (unpaired) electrons. The van der Waals surface area contributed by atoms with Gasteiger partial charge in [0.05, 0.1) is 17.4 Å². The molecule has 114 valence electrons. The number of rotatable bonds is 8. The SMILES string of the molecule is CCS(=O)(=O)CCCC(NN)C1(OC)CCCCC1. The fraction of sp³-hybridized carbons (Fsp3) is 1.00. The minimum Gasteiger partial charge on any atom is -0.377 e. The van der Waals surface area contributed by atoms with Crippen LogP contribution in [0.3, 0.4) is 0 Å². The lowest BCUT2D eigenvalue weighted by atomic mass is 9.78. The molecule has 1 unspecified atom stereocenters. The first-order valence-corrected chi connectivity index (χ1v) is 9.03. The van der Waals surface area contributed by atoms with Crippen LogP contribution in [0.1, 0.15) is 51.9 Å². The molecule has 0 spiro atoms. The highest BCUT2D eigenvalue weighted by molar-refractivity contribution is 7.91. The van der Waals surface area contributed by atoms with Crippen LogP contribution in [0.25, 0.3) is 0 Å². The van der Waals surface area contributed by atoms with Crippen molar-refractivity contribution in [2.75, 3.05) is 18.6 Å². The first-order chi connectivity index (χ1) is 8.99. The molecule has 0 saturated heterocycles. The van der Waals surface area contributed by atoms with Gasteiger partial charge in [0.2, 0.25) is 0 Å². The number of hydrazine groups is 1. The third-order valence-corrected chi connectivity index (χ3v) is 6.12. The van der Waals surface area contributed by atoms with Crippen LogP contribution >= 0.6 is 0 Å². The summed E-state index contributed by atoms with van der Waals surface area (Å²) in [6.07, 6.45) is 6.92. The number of ether oxygens (including phenoxy) is 1. The standard InChI is InChI=1S/C13H28N2O3S/c1-3-19(16,17)11-7-8-12(15-14)13(18-2)9-5-4-6-10-13/h12,15H,3-11,14H2,1-2H3. The van der Waals surface area contributed by atoms with Crippen molar-refractivity contribution in [3.05, 3.63) is 0 Å². The molecular weight excluding hydrogens is 264 g/mol. The maximum Gasteiger partial charge on any atom is 0.150 e. The van der Waals surface area contributed by atoms with Crippen molar-refractivity contribution >= 4 is 9.84 Å². The second-order valence-electron chi connectivity index (χ2n) is 5.43. The lowest BCUT2D eigenvalue weighted by Crippen LogP contribution is -2.55. The average molecular weight is 292 g/mol. The first-order valence-electron chi connectivity index (χ1n) is 7.21.